The van der Waals surface area contributed by atoms with Crippen LogP contribution in [0.5, 0.6) is 0 Å². The van der Waals surface area contributed by atoms with Crippen molar-refractivity contribution < 1.29 is 33.8 Å². The minimum atomic E-state index is -1.21. The van der Waals surface area contributed by atoms with E-state index in [-0.39, 0.29) is 49.3 Å². The number of hydrogen-bond donors (Lipinski definition) is 2. The number of nitrogens with zero attached hydrogens (tertiary/aromatic N) is 2. The first-order chi connectivity index (χ1) is 23.2. The molecule has 8 atom stereocenters. The number of carbonyl (C=O) groups is 4. The van der Waals surface area contributed by atoms with E-state index in [0.717, 1.165) is 32.1 Å². The third-order valence-electron chi connectivity index (χ3n) is 11.2. The van der Waals surface area contributed by atoms with Crippen LogP contribution in [0.2, 0.25) is 0 Å². The van der Waals surface area contributed by atoms with E-state index in [1.165, 1.54) is 0 Å². The van der Waals surface area contributed by atoms with Crippen molar-refractivity contribution in [2.45, 2.75) is 114 Å². The van der Waals surface area contributed by atoms with Gasteiger partial charge in [-0.15, -0.1) is 13.2 Å². The largest absolute Gasteiger partial charge is 0.455 e. The van der Waals surface area contributed by atoms with Crippen LogP contribution in [0.4, 0.5) is 0 Å². The second-order valence-corrected chi connectivity index (χ2v) is 14.0. The van der Waals surface area contributed by atoms with Crippen LogP contribution in [0.3, 0.4) is 0 Å². The Morgan fingerprint density at radius 1 is 1.15 bits per heavy atom. The molecule has 48 heavy (non-hydrogen) atoms. The van der Waals surface area contributed by atoms with Gasteiger partial charge in [0.05, 0.1) is 37.1 Å². The van der Waals surface area contributed by atoms with Gasteiger partial charge in [-0.25, -0.2) is 0 Å². The fourth-order valence-electron chi connectivity index (χ4n) is 8.56. The molecule has 2 bridgehead atoms. The van der Waals surface area contributed by atoms with Crippen LogP contribution in [0.25, 0.3) is 0 Å². The van der Waals surface area contributed by atoms with Crippen molar-refractivity contribution >= 4 is 23.7 Å². The fourth-order valence-corrected chi connectivity index (χ4v) is 8.56. The van der Waals surface area contributed by atoms with Gasteiger partial charge in [-0.05, 0) is 43.6 Å². The van der Waals surface area contributed by atoms with Crippen molar-refractivity contribution in [3.63, 3.8) is 0 Å². The number of benzene rings is 1. The van der Waals surface area contributed by atoms with Crippen molar-refractivity contribution in [1.29, 1.82) is 0 Å². The lowest BCUT2D eigenvalue weighted by Gasteiger charge is -2.43. The molecule has 262 valence electrons. The monoisotopic (exact) mass is 663 g/mol. The normalized spacial score (nSPS) is 28.3. The van der Waals surface area contributed by atoms with Gasteiger partial charge in [-0.3, -0.25) is 19.2 Å². The van der Waals surface area contributed by atoms with Crippen LogP contribution in [0.1, 0.15) is 89.7 Å². The molecule has 5 rings (SSSR count). The first kappa shape index (κ1) is 35.8. The zero-order valence-electron chi connectivity index (χ0n) is 28.6. The maximum absolute atomic E-state index is 14.9. The highest BCUT2D eigenvalue weighted by Gasteiger charge is 2.76. The van der Waals surface area contributed by atoms with Crippen LogP contribution >= 0.6 is 0 Å². The molecule has 1 aliphatic carbocycles. The summed E-state index contributed by atoms with van der Waals surface area (Å²) in [6.45, 7) is 11.7. The Labute approximate surface area is 284 Å². The third-order valence-corrected chi connectivity index (χ3v) is 11.2. The number of aliphatic hydroxyl groups excluding tert-OH is 1. The molecule has 1 aromatic rings. The molecular formula is C38H53N3O7. The van der Waals surface area contributed by atoms with E-state index in [9.17, 15) is 24.3 Å². The standard InChI is InChI=1S/C38H53N3O7/c1-5-8-19-31(43)39-23-30(26-15-11-9-12-16-26)47-37(46)32-29-20-21-38(48-29)33(32)35(44)41(28(24-42)25(4)7-3)34(38)36(45)40(22-6-2)27-17-13-10-14-18-27/h5-6,9,11-12,15-16,25,27-30,32-34,42H,1-2,7-8,10,13-14,17-24H2,3-4H3,(H,39,43)/t25-,28-,29-,30+,32+,33+,34-,38+/m0/s1. The highest BCUT2D eigenvalue weighted by atomic mass is 16.6. The molecule has 3 saturated heterocycles. The summed E-state index contributed by atoms with van der Waals surface area (Å²) in [5.74, 6) is -3.24. The van der Waals surface area contributed by atoms with Gasteiger partial charge in [0.15, 0.2) is 0 Å². The fraction of sp³-hybridized carbons (Fsp3) is 0.632. The summed E-state index contributed by atoms with van der Waals surface area (Å²) in [6.07, 6.45) is 9.45. The number of hydrogen-bond acceptors (Lipinski definition) is 7. The summed E-state index contributed by atoms with van der Waals surface area (Å²) in [7, 11) is 0. The van der Waals surface area contributed by atoms with Crippen molar-refractivity contribution in [1.82, 2.24) is 15.1 Å². The quantitative estimate of drug-likeness (QED) is 0.197. The first-order valence-electron chi connectivity index (χ1n) is 17.9. The van der Waals surface area contributed by atoms with E-state index in [4.69, 9.17) is 9.47 Å². The SMILES string of the molecule is C=CCCC(=O)NC[C@@H](OC(=O)[C@@H]1[C@@H]2CC[C@]3(O2)[C@H](C(=O)N(CC=C)C2CCCCC2)N([C@@H](CO)[C@@H](C)CC)C(=O)[C@@H]13)c1ccccc1. The Bertz CT molecular complexity index is 1330. The first-order valence-corrected chi connectivity index (χ1v) is 17.9. The van der Waals surface area contributed by atoms with Crippen LogP contribution in [0, 0.1) is 17.8 Å². The Morgan fingerprint density at radius 2 is 1.88 bits per heavy atom. The minimum absolute atomic E-state index is 0.0283. The Morgan fingerprint density at radius 3 is 2.52 bits per heavy atom. The summed E-state index contributed by atoms with van der Waals surface area (Å²) >= 11 is 0. The number of nitrogens with one attached hydrogen (secondary N) is 1. The van der Waals surface area contributed by atoms with Gasteiger partial charge in [0, 0.05) is 19.0 Å². The highest BCUT2D eigenvalue weighted by molar-refractivity contribution is 5.98. The highest BCUT2D eigenvalue weighted by Crippen LogP contribution is 2.59. The smallest absolute Gasteiger partial charge is 0.313 e. The maximum Gasteiger partial charge on any atom is 0.313 e. The van der Waals surface area contributed by atoms with E-state index in [0.29, 0.717) is 37.8 Å². The number of likely N-dealkylation sites (tertiary alicyclic amines) is 1. The number of esters is 1. The average Bonchev–Trinajstić information content (AvgIpc) is 3.76. The van der Waals surface area contributed by atoms with Crippen molar-refractivity contribution in [3.8, 4) is 0 Å². The van der Waals surface area contributed by atoms with E-state index in [2.05, 4.69) is 18.5 Å². The molecule has 3 aliphatic heterocycles. The van der Waals surface area contributed by atoms with Crippen LogP contribution < -0.4 is 5.32 Å². The average molecular weight is 664 g/mol. The van der Waals surface area contributed by atoms with Gasteiger partial charge in [0.1, 0.15) is 17.7 Å². The van der Waals surface area contributed by atoms with Crippen LogP contribution in [0.15, 0.2) is 55.6 Å². The molecule has 1 saturated carbocycles. The number of fused-ring (bicyclic) bond motifs is 1. The summed E-state index contributed by atoms with van der Waals surface area (Å²) < 4.78 is 12.9. The van der Waals surface area contributed by atoms with Gasteiger partial charge in [-0.1, -0.05) is 82.0 Å². The molecule has 4 aliphatic rings. The summed E-state index contributed by atoms with van der Waals surface area (Å²) in [6, 6.07) is 7.65. The van der Waals surface area contributed by atoms with E-state index < -0.39 is 47.7 Å². The van der Waals surface area contributed by atoms with E-state index in [1.807, 2.05) is 49.1 Å². The number of allylic oxidation sites excluding steroid dienone is 1. The van der Waals surface area contributed by atoms with Crippen molar-refractivity contribution in [2.75, 3.05) is 19.7 Å². The molecule has 4 fully saturated rings. The Kier molecular flexibility index (Phi) is 11.8. The lowest BCUT2D eigenvalue weighted by atomic mass is 9.70. The third kappa shape index (κ3) is 6.83. The van der Waals surface area contributed by atoms with Gasteiger partial charge in [-0.2, -0.15) is 0 Å². The molecule has 0 unspecified atom stereocenters. The molecule has 1 aromatic carbocycles. The maximum atomic E-state index is 14.9. The number of aliphatic hydroxyl groups is 1. The predicted molar refractivity (Wildman–Crippen MR) is 181 cm³/mol. The van der Waals surface area contributed by atoms with Gasteiger partial charge in [0.25, 0.3) is 0 Å². The molecule has 3 heterocycles. The van der Waals surface area contributed by atoms with Gasteiger partial charge >= 0.3 is 5.97 Å². The number of amides is 3. The van der Waals surface area contributed by atoms with Crippen LogP contribution in [-0.2, 0) is 28.7 Å². The van der Waals surface area contributed by atoms with Crippen molar-refractivity contribution in [3.05, 3.63) is 61.2 Å². The minimum Gasteiger partial charge on any atom is -0.455 e. The van der Waals surface area contributed by atoms with Gasteiger partial charge in [0.2, 0.25) is 17.7 Å². The zero-order valence-corrected chi connectivity index (χ0v) is 28.6. The zero-order chi connectivity index (χ0) is 34.4. The molecule has 10 heteroatoms. The molecule has 0 radical (unpaired) electrons. The molecule has 2 N–H and O–H groups in total. The topological polar surface area (TPSA) is 125 Å². The number of ether oxygens (including phenoxy) is 2. The molecule has 1 spiro atoms. The summed E-state index contributed by atoms with van der Waals surface area (Å²) in [4.78, 5) is 59.8. The van der Waals surface area contributed by atoms with E-state index in [1.54, 1.807) is 17.1 Å². The predicted octanol–water partition coefficient (Wildman–Crippen LogP) is 4.48. The number of carbonyl (C=O) groups excluding carboxylic acids is 4. The molecular weight excluding hydrogens is 610 g/mol. The summed E-state index contributed by atoms with van der Waals surface area (Å²) in [5, 5.41) is 13.6. The molecule has 0 aromatic heterocycles. The lowest BCUT2D eigenvalue weighted by molar-refractivity contribution is -0.161. The lowest BCUT2D eigenvalue weighted by Crippen LogP contribution is -2.61. The Hall–Kier alpha value is -3.50. The van der Waals surface area contributed by atoms with Gasteiger partial charge < -0.3 is 29.7 Å². The van der Waals surface area contributed by atoms with Crippen LogP contribution in [-0.4, -0.2) is 88.1 Å². The molecule has 10 nitrogen and oxygen atoms in total. The van der Waals surface area contributed by atoms with Crippen molar-refractivity contribution in [2.24, 2.45) is 17.8 Å². The second kappa shape index (κ2) is 15.8. The van der Waals surface area contributed by atoms with E-state index >= 15 is 0 Å². The summed E-state index contributed by atoms with van der Waals surface area (Å²) in [5.41, 5.74) is -0.496. The number of rotatable bonds is 16. The molecule has 3 amide bonds. The second-order valence-electron chi connectivity index (χ2n) is 14.0. The Balaban J connectivity index is 1.48.